The molecule has 0 bridgehead atoms. The fraction of sp³-hybridized carbons (Fsp3) is 0.900. The van der Waals surface area contributed by atoms with E-state index >= 15 is 0 Å². The minimum Gasteiger partial charge on any atom is -0.394 e. The molecule has 0 saturated carbocycles. The summed E-state index contributed by atoms with van der Waals surface area (Å²) in [5.41, 5.74) is -0.304. The van der Waals surface area contributed by atoms with Crippen LogP contribution in [0.1, 0.15) is 26.7 Å². The first-order chi connectivity index (χ1) is 6.58. The number of hydrogen-bond acceptors (Lipinski definition) is 3. The van der Waals surface area contributed by atoms with Gasteiger partial charge in [0.2, 0.25) is 5.91 Å². The van der Waals surface area contributed by atoms with E-state index in [0.717, 1.165) is 25.9 Å². The Morgan fingerprint density at radius 3 is 2.80 bits per heavy atom. The van der Waals surface area contributed by atoms with Crippen molar-refractivity contribution in [2.24, 2.45) is 5.41 Å². The summed E-state index contributed by atoms with van der Waals surface area (Å²) in [7, 11) is 0. The van der Waals surface area contributed by atoms with Crippen LogP contribution in [0.5, 0.6) is 0 Å². The molecule has 1 saturated heterocycles. The second kappa shape index (κ2) is 6.30. The average molecular weight is 237 g/mol. The molecule has 5 heteroatoms. The van der Waals surface area contributed by atoms with Crippen LogP contribution in [-0.2, 0) is 4.79 Å². The van der Waals surface area contributed by atoms with Crippen LogP contribution in [0, 0.1) is 5.41 Å². The summed E-state index contributed by atoms with van der Waals surface area (Å²) in [6.07, 6.45) is 1.96. The Labute approximate surface area is 97.2 Å². The van der Waals surface area contributed by atoms with Crippen LogP contribution in [0.15, 0.2) is 0 Å². The van der Waals surface area contributed by atoms with Gasteiger partial charge in [0.15, 0.2) is 0 Å². The Hall–Kier alpha value is -0.320. The first-order valence-electron chi connectivity index (χ1n) is 5.21. The van der Waals surface area contributed by atoms with Gasteiger partial charge in [0.25, 0.3) is 0 Å². The van der Waals surface area contributed by atoms with Crippen molar-refractivity contribution in [1.82, 2.24) is 10.6 Å². The molecule has 1 amide bonds. The molecule has 2 atom stereocenters. The summed E-state index contributed by atoms with van der Waals surface area (Å²) in [4.78, 5) is 11.8. The van der Waals surface area contributed by atoms with Crippen LogP contribution in [0.25, 0.3) is 0 Å². The van der Waals surface area contributed by atoms with Gasteiger partial charge >= 0.3 is 0 Å². The second-order valence-corrected chi connectivity index (χ2v) is 4.40. The SMILES string of the molecule is CC(CO)NC(=O)C1(C)CCCNC1.Cl. The van der Waals surface area contributed by atoms with Gasteiger partial charge in [-0.2, -0.15) is 0 Å². The monoisotopic (exact) mass is 236 g/mol. The smallest absolute Gasteiger partial charge is 0.227 e. The lowest BCUT2D eigenvalue weighted by atomic mass is 9.82. The molecule has 3 N–H and O–H groups in total. The first kappa shape index (κ1) is 14.7. The first-order valence-corrected chi connectivity index (χ1v) is 5.21. The van der Waals surface area contributed by atoms with Gasteiger partial charge in [-0.3, -0.25) is 4.79 Å². The summed E-state index contributed by atoms with van der Waals surface area (Å²) in [6.45, 7) is 5.50. The molecule has 0 aliphatic carbocycles. The lowest BCUT2D eigenvalue weighted by Crippen LogP contribution is -2.51. The van der Waals surface area contributed by atoms with Crippen molar-refractivity contribution in [3.05, 3.63) is 0 Å². The van der Waals surface area contributed by atoms with Crippen LogP contribution >= 0.6 is 12.4 Å². The minimum atomic E-state index is -0.304. The molecule has 2 unspecified atom stereocenters. The molecule has 1 aliphatic heterocycles. The van der Waals surface area contributed by atoms with Crippen LogP contribution in [0.3, 0.4) is 0 Å². The lowest BCUT2D eigenvalue weighted by Gasteiger charge is -2.33. The Bertz CT molecular complexity index is 206. The van der Waals surface area contributed by atoms with E-state index in [2.05, 4.69) is 10.6 Å². The molecule has 1 rings (SSSR count). The van der Waals surface area contributed by atoms with E-state index < -0.39 is 0 Å². The number of carbonyl (C=O) groups is 1. The molecular weight excluding hydrogens is 216 g/mol. The predicted octanol–water partition coefficient (Wildman–Crippen LogP) is 0.295. The van der Waals surface area contributed by atoms with Crippen LogP contribution in [-0.4, -0.2) is 36.8 Å². The van der Waals surface area contributed by atoms with Gasteiger partial charge in [0.05, 0.1) is 12.0 Å². The van der Waals surface area contributed by atoms with Crippen molar-refractivity contribution >= 4 is 18.3 Å². The van der Waals surface area contributed by atoms with Crippen LogP contribution in [0.2, 0.25) is 0 Å². The number of rotatable bonds is 3. The van der Waals surface area contributed by atoms with Gasteiger partial charge in [-0.1, -0.05) is 0 Å². The fourth-order valence-electron chi connectivity index (χ4n) is 1.69. The zero-order valence-electron chi connectivity index (χ0n) is 9.38. The molecule has 0 aromatic carbocycles. The highest BCUT2D eigenvalue weighted by molar-refractivity contribution is 5.85. The highest BCUT2D eigenvalue weighted by atomic mass is 35.5. The van der Waals surface area contributed by atoms with E-state index in [9.17, 15) is 4.79 Å². The molecule has 90 valence electrons. The number of piperidine rings is 1. The average Bonchev–Trinajstić information content (AvgIpc) is 2.18. The molecule has 1 fully saturated rings. The van der Waals surface area contributed by atoms with Crippen molar-refractivity contribution in [2.75, 3.05) is 19.7 Å². The quantitative estimate of drug-likeness (QED) is 0.661. The zero-order chi connectivity index (χ0) is 10.6. The molecule has 0 aromatic rings. The number of hydrogen-bond donors (Lipinski definition) is 3. The summed E-state index contributed by atoms with van der Waals surface area (Å²) < 4.78 is 0. The van der Waals surface area contributed by atoms with Crippen molar-refractivity contribution in [3.8, 4) is 0 Å². The van der Waals surface area contributed by atoms with E-state index in [1.165, 1.54) is 0 Å². The Morgan fingerprint density at radius 1 is 1.67 bits per heavy atom. The number of nitrogens with one attached hydrogen (secondary N) is 2. The van der Waals surface area contributed by atoms with Crippen molar-refractivity contribution < 1.29 is 9.90 Å². The maximum Gasteiger partial charge on any atom is 0.227 e. The number of aliphatic hydroxyl groups excluding tert-OH is 1. The van der Waals surface area contributed by atoms with Gasteiger partial charge in [-0.15, -0.1) is 12.4 Å². The minimum absolute atomic E-state index is 0. The molecular formula is C10H21ClN2O2. The second-order valence-electron chi connectivity index (χ2n) is 4.40. The van der Waals surface area contributed by atoms with E-state index in [4.69, 9.17) is 5.11 Å². The largest absolute Gasteiger partial charge is 0.394 e. The van der Waals surface area contributed by atoms with Crippen molar-refractivity contribution in [1.29, 1.82) is 0 Å². The van der Waals surface area contributed by atoms with E-state index in [1.54, 1.807) is 6.92 Å². The number of halogens is 1. The fourth-order valence-corrected chi connectivity index (χ4v) is 1.69. The third kappa shape index (κ3) is 3.97. The van der Waals surface area contributed by atoms with Crippen molar-refractivity contribution in [3.63, 3.8) is 0 Å². The molecule has 1 aliphatic rings. The van der Waals surface area contributed by atoms with E-state index in [-0.39, 0.29) is 36.4 Å². The highest BCUT2D eigenvalue weighted by Gasteiger charge is 2.34. The Morgan fingerprint density at radius 2 is 2.33 bits per heavy atom. The highest BCUT2D eigenvalue weighted by Crippen LogP contribution is 2.25. The van der Waals surface area contributed by atoms with Gasteiger partial charge in [-0.25, -0.2) is 0 Å². The predicted molar refractivity (Wildman–Crippen MR) is 62.1 cm³/mol. The number of amides is 1. The third-order valence-corrected chi connectivity index (χ3v) is 2.80. The zero-order valence-corrected chi connectivity index (χ0v) is 10.2. The van der Waals surface area contributed by atoms with Gasteiger partial charge in [-0.05, 0) is 33.2 Å². The summed E-state index contributed by atoms with van der Waals surface area (Å²) >= 11 is 0. The Kier molecular flexibility index (Phi) is 6.17. The summed E-state index contributed by atoms with van der Waals surface area (Å²) in [5, 5.41) is 14.9. The number of aliphatic hydroxyl groups is 1. The number of carbonyl (C=O) groups excluding carboxylic acids is 1. The van der Waals surface area contributed by atoms with Crippen LogP contribution < -0.4 is 10.6 Å². The molecule has 1 heterocycles. The molecule has 15 heavy (non-hydrogen) atoms. The molecule has 0 spiro atoms. The molecule has 0 radical (unpaired) electrons. The Balaban J connectivity index is 0.00000196. The maximum atomic E-state index is 11.8. The van der Waals surface area contributed by atoms with Crippen molar-refractivity contribution in [2.45, 2.75) is 32.7 Å². The van der Waals surface area contributed by atoms with E-state index in [0.29, 0.717) is 0 Å². The standard InChI is InChI=1S/C10H20N2O2.ClH/c1-8(6-13)12-9(14)10(2)4-3-5-11-7-10;/h8,11,13H,3-7H2,1-2H3,(H,12,14);1H. The third-order valence-electron chi connectivity index (χ3n) is 2.80. The maximum absolute atomic E-state index is 11.8. The summed E-state index contributed by atoms with van der Waals surface area (Å²) in [6, 6.07) is -0.152. The van der Waals surface area contributed by atoms with Gasteiger partial charge in [0.1, 0.15) is 0 Å². The topological polar surface area (TPSA) is 61.4 Å². The summed E-state index contributed by atoms with van der Waals surface area (Å²) in [5.74, 6) is 0.0475. The normalized spacial score (nSPS) is 27.7. The lowest BCUT2D eigenvalue weighted by molar-refractivity contribution is -0.132. The molecule has 0 aromatic heterocycles. The van der Waals surface area contributed by atoms with E-state index in [1.807, 2.05) is 6.92 Å². The van der Waals surface area contributed by atoms with Gasteiger partial charge < -0.3 is 15.7 Å². The van der Waals surface area contributed by atoms with Gasteiger partial charge in [0, 0.05) is 12.6 Å². The molecule has 4 nitrogen and oxygen atoms in total. The van der Waals surface area contributed by atoms with Crippen LogP contribution in [0.4, 0.5) is 0 Å².